The molecule has 0 saturated heterocycles. The summed E-state index contributed by atoms with van der Waals surface area (Å²) >= 11 is 0. The van der Waals surface area contributed by atoms with Gasteiger partial charge in [-0.05, 0) is 43.9 Å². The standard InChI is InChI=1S/C16H26N2O/c1-2-10-17-11-15-8-5-9-16(18-15)13-19-12-14-6-3-4-7-14/h5,8-9,14,17H,2-4,6-7,10-13H2,1H3. The molecule has 1 aromatic rings. The third-order valence-electron chi connectivity index (χ3n) is 3.68. The van der Waals surface area contributed by atoms with Gasteiger partial charge in [0.25, 0.3) is 0 Å². The van der Waals surface area contributed by atoms with Crippen LogP contribution in [0.3, 0.4) is 0 Å². The summed E-state index contributed by atoms with van der Waals surface area (Å²) in [5, 5.41) is 3.38. The maximum Gasteiger partial charge on any atom is 0.0888 e. The van der Waals surface area contributed by atoms with Gasteiger partial charge >= 0.3 is 0 Å². The molecule has 1 aromatic heterocycles. The zero-order valence-corrected chi connectivity index (χ0v) is 12.0. The fourth-order valence-electron chi connectivity index (χ4n) is 2.61. The molecule has 0 aromatic carbocycles. The van der Waals surface area contributed by atoms with Crippen LogP contribution in [0.1, 0.15) is 50.4 Å². The third-order valence-corrected chi connectivity index (χ3v) is 3.68. The molecule has 0 aliphatic heterocycles. The highest BCUT2D eigenvalue weighted by Crippen LogP contribution is 2.24. The van der Waals surface area contributed by atoms with Crippen molar-refractivity contribution in [3.8, 4) is 0 Å². The minimum atomic E-state index is 0.651. The molecule has 0 bridgehead atoms. The molecule has 1 fully saturated rings. The summed E-state index contributed by atoms with van der Waals surface area (Å²) in [6, 6.07) is 6.20. The second kappa shape index (κ2) is 8.28. The molecule has 1 aliphatic carbocycles. The Hall–Kier alpha value is -0.930. The number of nitrogens with zero attached hydrogens (tertiary/aromatic N) is 1. The number of hydrogen-bond donors (Lipinski definition) is 1. The van der Waals surface area contributed by atoms with Gasteiger partial charge < -0.3 is 10.1 Å². The van der Waals surface area contributed by atoms with Crippen molar-refractivity contribution in [1.29, 1.82) is 0 Å². The van der Waals surface area contributed by atoms with Gasteiger partial charge in [0.1, 0.15) is 0 Å². The molecule has 2 rings (SSSR count). The lowest BCUT2D eigenvalue weighted by molar-refractivity contribution is 0.0866. The average Bonchev–Trinajstić information content (AvgIpc) is 2.93. The molecule has 3 nitrogen and oxygen atoms in total. The van der Waals surface area contributed by atoms with E-state index in [-0.39, 0.29) is 0 Å². The first-order chi connectivity index (χ1) is 9.38. The molecule has 0 amide bonds. The molecule has 1 saturated carbocycles. The van der Waals surface area contributed by atoms with Crippen LogP contribution < -0.4 is 5.32 Å². The minimum Gasteiger partial charge on any atom is -0.375 e. The van der Waals surface area contributed by atoms with Crippen molar-refractivity contribution >= 4 is 0 Å². The zero-order valence-electron chi connectivity index (χ0n) is 12.0. The van der Waals surface area contributed by atoms with Crippen LogP contribution in [-0.4, -0.2) is 18.1 Å². The van der Waals surface area contributed by atoms with Crippen molar-refractivity contribution in [1.82, 2.24) is 10.3 Å². The lowest BCUT2D eigenvalue weighted by Gasteiger charge is -2.10. The predicted molar refractivity (Wildman–Crippen MR) is 77.8 cm³/mol. The maximum absolute atomic E-state index is 5.80. The number of ether oxygens (including phenoxy) is 1. The average molecular weight is 262 g/mol. The first-order valence-electron chi connectivity index (χ1n) is 7.61. The second-order valence-electron chi connectivity index (χ2n) is 5.46. The third kappa shape index (κ3) is 5.29. The highest BCUT2D eigenvalue weighted by atomic mass is 16.5. The van der Waals surface area contributed by atoms with E-state index in [9.17, 15) is 0 Å². The first-order valence-corrected chi connectivity index (χ1v) is 7.61. The van der Waals surface area contributed by atoms with Crippen LogP contribution in [-0.2, 0) is 17.9 Å². The predicted octanol–water partition coefficient (Wildman–Crippen LogP) is 3.29. The number of hydrogen-bond acceptors (Lipinski definition) is 3. The normalized spacial score (nSPS) is 16.1. The highest BCUT2D eigenvalue weighted by molar-refractivity contribution is 5.10. The Kier molecular flexibility index (Phi) is 6.31. The van der Waals surface area contributed by atoms with Crippen LogP contribution in [0, 0.1) is 5.92 Å². The molecule has 19 heavy (non-hydrogen) atoms. The Balaban J connectivity index is 1.71. The molecule has 3 heteroatoms. The number of aromatic nitrogens is 1. The van der Waals surface area contributed by atoms with Gasteiger partial charge in [-0.25, -0.2) is 0 Å². The van der Waals surface area contributed by atoms with E-state index >= 15 is 0 Å². The Morgan fingerprint density at radius 3 is 2.84 bits per heavy atom. The van der Waals surface area contributed by atoms with E-state index in [1.807, 2.05) is 0 Å². The van der Waals surface area contributed by atoms with Gasteiger partial charge in [0.2, 0.25) is 0 Å². The SMILES string of the molecule is CCCNCc1cccc(COCC2CCCC2)n1. The summed E-state index contributed by atoms with van der Waals surface area (Å²) in [5.41, 5.74) is 2.16. The fourth-order valence-corrected chi connectivity index (χ4v) is 2.61. The zero-order chi connectivity index (χ0) is 13.3. The fraction of sp³-hybridized carbons (Fsp3) is 0.688. The number of nitrogens with one attached hydrogen (secondary N) is 1. The minimum absolute atomic E-state index is 0.651. The van der Waals surface area contributed by atoms with E-state index < -0.39 is 0 Å². The van der Waals surface area contributed by atoms with E-state index in [4.69, 9.17) is 4.74 Å². The molecule has 1 heterocycles. The Labute approximate surface area is 116 Å². The lowest BCUT2D eigenvalue weighted by Crippen LogP contribution is -2.15. The van der Waals surface area contributed by atoms with Gasteiger partial charge in [-0.15, -0.1) is 0 Å². The van der Waals surface area contributed by atoms with Crippen molar-refractivity contribution in [2.45, 2.75) is 52.2 Å². The monoisotopic (exact) mass is 262 g/mol. The van der Waals surface area contributed by atoms with Gasteiger partial charge in [0, 0.05) is 13.2 Å². The Morgan fingerprint density at radius 1 is 1.26 bits per heavy atom. The van der Waals surface area contributed by atoms with Crippen LogP contribution in [0.25, 0.3) is 0 Å². The Morgan fingerprint density at radius 2 is 2.05 bits per heavy atom. The quantitative estimate of drug-likeness (QED) is 0.730. The van der Waals surface area contributed by atoms with E-state index in [1.165, 1.54) is 25.7 Å². The number of rotatable bonds is 8. The van der Waals surface area contributed by atoms with Crippen molar-refractivity contribution < 1.29 is 4.74 Å². The first kappa shape index (κ1) is 14.5. The molecule has 0 spiro atoms. The van der Waals surface area contributed by atoms with Crippen molar-refractivity contribution in [2.24, 2.45) is 5.92 Å². The van der Waals surface area contributed by atoms with Gasteiger partial charge in [-0.1, -0.05) is 25.8 Å². The van der Waals surface area contributed by atoms with Gasteiger partial charge in [0.05, 0.1) is 18.0 Å². The molecule has 1 aliphatic rings. The van der Waals surface area contributed by atoms with Crippen LogP contribution in [0.4, 0.5) is 0 Å². The highest BCUT2D eigenvalue weighted by Gasteiger charge is 2.14. The van der Waals surface area contributed by atoms with E-state index in [2.05, 4.69) is 35.4 Å². The largest absolute Gasteiger partial charge is 0.375 e. The van der Waals surface area contributed by atoms with Gasteiger partial charge in [-0.2, -0.15) is 0 Å². The summed E-state index contributed by atoms with van der Waals surface area (Å²) in [6.45, 7) is 5.63. The smallest absolute Gasteiger partial charge is 0.0888 e. The molecule has 0 unspecified atom stereocenters. The van der Waals surface area contributed by atoms with E-state index in [0.717, 1.165) is 43.4 Å². The van der Waals surface area contributed by atoms with Crippen molar-refractivity contribution in [3.05, 3.63) is 29.6 Å². The summed E-state index contributed by atoms with van der Waals surface area (Å²) in [7, 11) is 0. The topological polar surface area (TPSA) is 34.1 Å². The van der Waals surface area contributed by atoms with Gasteiger partial charge in [0.15, 0.2) is 0 Å². The van der Waals surface area contributed by atoms with Crippen molar-refractivity contribution in [2.75, 3.05) is 13.2 Å². The number of pyridine rings is 1. The molecule has 106 valence electrons. The van der Waals surface area contributed by atoms with Crippen LogP contribution in [0.2, 0.25) is 0 Å². The summed E-state index contributed by atoms with van der Waals surface area (Å²) in [6.07, 6.45) is 6.60. The van der Waals surface area contributed by atoms with Crippen molar-refractivity contribution in [3.63, 3.8) is 0 Å². The molecule has 0 atom stereocenters. The van der Waals surface area contributed by atoms with E-state index in [1.54, 1.807) is 0 Å². The van der Waals surface area contributed by atoms with Crippen LogP contribution >= 0.6 is 0 Å². The second-order valence-corrected chi connectivity index (χ2v) is 5.46. The molecule has 1 N–H and O–H groups in total. The summed E-state index contributed by atoms with van der Waals surface area (Å²) in [5.74, 6) is 0.786. The summed E-state index contributed by atoms with van der Waals surface area (Å²) in [4.78, 5) is 4.62. The lowest BCUT2D eigenvalue weighted by atomic mass is 10.1. The van der Waals surface area contributed by atoms with Gasteiger partial charge in [-0.3, -0.25) is 4.98 Å². The maximum atomic E-state index is 5.80. The van der Waals surface area contributed by atoms with Crippen LogP contribution in [0.15, 0.2) is 18.2 Å². The van der Waals surface area contributed by atoms with Crippen LogP contribution in [0.5, 0.6) is 0 Å². The van der Waals surface area contributed by atoms with E-state index in [0.29, 0.717) is 6.61 Å². The molecular weight excluding hydrogens is 236 g/mol. The Bertz CT molecular complexity index is 362. The molecular formula is C16H26N2O. The summed E-state index contributed by atoms with van der Waals surface area (Å²) < 4.78 is 5.80. The molecule has 0 radical (unpaired) electrons.